The Morgan fingerprint density at radius 1 is 1.46 bits per heavy atom. The molecule has 0 bridgehead atoms. The summed E-state index contributed by atoms with van der Waals surface area (Å²) in [4.78, 5) is 0. The largest absolute Gasteiger partial charge is 0.392 e. The van der Waals surface area contributed by atoms with Crippen LogP contribution in [-0.4, -0.2) is 5.11 Å². The van der Waals surface area contributed by atoms with Crippen molar-refractivity contribution in [2.75, 3.05) is 0 Å². The van der Waals surface area contributed by atoms with E-state index in [1.807, 2.05) is 6.07 Å². The van der Waals surface area contributed by atoms with E-state index in [2.05, 4.69) is 15.9 Å². The Labute approximate surface area is 86.9 Å². The molecule has 0 fully saturated rings. The molecule has 1 aromatic carbocycles. The molecule has 1 N–H and O–H groups in total. The molecule has 0 amide bonds. The Hall–Kier alpha value is -0.450. The van der Waals surface area contributed by atoms with Crippen molar-refractivity contribution in [2.45, 2.75) is 6.61 Å². The lowest BCUT2D eigenvalue weighted by molar-refractivity contribution is 0.282. The molecule has 1 nitrogen and oxygen atoms in total. The minimum absolute atomic E-state index is 0.0527. The first-order chi connectivity index (χ1) is 6.22. The fourth-order valence-electron chi connectivity index (χ4n) is 1.18. The molecule has 2 aromatic rings. The highest BCUT2D eigenvalue weighted by molar-refractivity contribution is 9.11. The molecular weight excluding hydrogens is 255 g/mol. The van der Waals surface area contributed by atoms with Crippen molar-refractivity contribution < 1.29 is 9.50 Å². The normalized spacial score (nSPS) is 11.0. The van der Waals surface area contributed by atoms with Gasteiger partial charge in [0.2, 0.25) is 0 Å². The molecule has 0 aliphatic carbocycles. The molecule has 0 aliphatic heterocycles. The first-order valence-electron chi connectivity index (χ1n) is 3.69. The fourth-order valence-corrected chi connectivity index (χ4v) is 2.71. The number of rotatable bonds is 1. The third-order valence-electron chi connectivity index (χ3n) is 1.84. The summed E-state index contributed by atoms with van der Waals surface area (Å²) in [6.45, 7) is -0.0527. The molecule has 13 heavy (non-hydrogen) atoms. The molecule has 0 atom stereocenters. The molecule has 0 spiro atoms. The topological polar surface area (TPSA) is 20.2 Å². The first-order valence-corrected chi connectivity index (χ1v) is 5.30. The fraction of sp³-hybridized carbons (Fsp3) is 0.111. The molecular formula is C9H6BrFOS. The van der Waals surface area contributed by atoms with E-state index in [0.29, 0.717) is 9.17 Å². The van der Waals surface area contributed by atoms with E-state index in [4.69, 9.17) is 5.11 Å². The predicted octanol–water partition coefficient (Wildman–Crippen LogP) is 3.30. The highest BCUT2D eigenvalue weighted by Gasteiger charge is 2.09. The maximum Gasteiger partial charge on any atom is 0.156 e. The predicted molar refractivity (Wildman–Crippen MR) is 55.4 cm³/mol. The number of aliphatic hydroxyl groups is 1. The van der Waals surface area contributed by atoms with Crippen molar-refractivity contribution in [2.24, 2.45) is 0 Å². The number of halogens is 2. The quantitative estimate of drug-likeness (QED) is 0.835. The molecule has 1 aromatic heterocycles. The molecule has 4 heteroatoms. The number of fused-ring (bicyclic) bond motifs is 1. The standard InChI is InChI=1S/C9H6BrFOS/c10-9-8(11)6-3-5(4-12)1-2-7(6)13-9/h1-3,12H,4H2. The third-order valence-corrected chi connectivity index (χ3v) is 3.60. The van der Waals surface area contributed by atoms with Gasteiger partial charge in [0.05, 0.1) is 6.61 Å². The van der Waals surface area contributed by atoms with Gasteiger partial charge in [-0.15, -0.1) is 11.3 Å². The van der Waals surface area contributed by atoms with Crippen molar-refractivity contribution in [1.82, 2.24) is 0 Å². The smallest absolute Gasteiger partial charge is 0.156 e. The average Bonchev–Trinajstić information content (AvgIpc) is 2.43. The lowest BCUT2D eigenvalue weighted by atomic mass is 10.2. The summed E-state index contributed by atoms with van der Waals surface area (Å²) in [5, 5.41) is 9.44. The molecule has 0 radical (unpaired) electrons. The number of hydrogen-bond donors (Lipinski definition) is 1. The van der Waals surface area contributed by atoms with Crippen LogP contribution in [0, 0.1) is 5.82 Å². The van der Waals surface area contributed by atoms with Crippen molar-refractivity contribution in [3.8, 4) is 0 Å². The maximum absolute atomic E-state index is 13.4. The van der Waals surface area contributed by atoms with Gasteiger partial charge in [0.1, 0.15) is 3.79 Å². The van der Waals surface area contributed by atoms with Crippen LogP contribution in [0.2, 0.25) is 0 Å². The van der Waals surface area contributed by atoms with Gasteiger partial charge >= 0.3 is 0 Å². The number of benzene rings is 1. The summed E-state index contributed by atoms with van der Waals surface area (Å²) < 4.78 is 14.8. The lowest BCUT2D eigenvalue weighted by Gasteiger charge is -1.94. The van der Waals surface area contributed by atoms with Gasteiger partial charge < -0.3 is 5.11 Å². The zero-order chi connectivity index (χ0) is 9.42. The molecule has 1 heterocycles. The third kappa shape index (κ3) is 1.49. The van der Waals surface area contributed by atoms with Gasteiger partial charge in [-0.2, -0.15) is 0 Å². The van der Waals surface area contributed by atoms with Crippen LogP contribution in [0.15, 0.2) is 22.0 Å². The van der Waals surface area contributed by atoms with E-state index in [0.717, 1.165) is 10.3 Å². The van der Waals surface area contributed by atoms with Crippen molar-refractivity contribution in [3.63, 3.8) is 0 Å². The van der Waals surface area contributed by atoms with Crippen LogP contribution in [-0.2, 0) is 6.61 Å². The van der Waals surface area contributed by atoms with E-state index in [-0.39, 0.29) is 12.4 Å². The summed E-state index contributed by atoms with van der Waals surface area (Å²) in [7, 11) is 0. The van der Waals surface area contributed by atoms with Crippen LogP contribution in [0.5, 0.6) is 0 Å². The second-order valence-electron chi connectivity index (χ2n) is 2.68. The summed E-state index contributed by atoms with van der Waals surface area (Å²) in [6, 6.07) is 5.29. The Kier molecular flexibility index (Phi) is 2.36. The zero-order valence-corrected chi connectivity index (χ0v) is 8.95. The molecule has 0 saturated carbocycles. The summed E-state index contributed by atoms with van der Waals surface area (Å²) >= 11 is 4.49. The summed E-state index contributed by atoms with van der Waals surface area (Å²) in [5.41, 5.74) is 0.733. The van der Waals surface area contributed by atoms with Crippen LogP contribution in [0.25, 0.3) is 10.1 Å². The van der Waals surface area contributed by atoms with Gasteiger partial charge in [-0.25, -0.2) is 4.39 Å². The monoisotopic (exact) mass is 260 g/mol. The van der Waals surface area contributed by atoms with Crippen LogP contribution < -0.4 is 0 Å². The Morgan fingerprint density at radius 2 is 2.23 bits per heavy atom. The molecule has 68 valence electrons. The van der Waals surface area contributed by atoms with Crippen LogP contribution in [0.3, 0.4) is 0 Å². The Bertz CT molecular complexity index is 452. The number of aliphatic hydroxyl groups excluding tert-OH is 1. The summed E-state index contributed by atoms with van der Waals surface area (Å²) in [6.07, 6.45) is 0. The highest BCUT2D eigenvalue weighted by Crippen LogP contribution is 2.34. The van der Waals surface area contributed by atoms with E-state index in [1.165, 1.54) is 11.3 Å². The van der Waals surface area contributed by atoms with Gasteiger partial charge in [-0.05, 0) is 33.6 Å². The molecule has 2 rings (SSSR count). The van der Waals surface area contributed by atoms with Crippen LogP contribution >= 0.6 is 27.3 Å². The summed E-state index contributed by atoms with van der Waals surface area (Å²) in [5.74, 6) is -0.240. The van der Waals surface area contributed by atoms with E-state index in [1.54, 1.807) is 12.1 Å². The second kappa shape index (κ2) is 3.36. The lowest BCUT2D eigenvalue weighted by Crippen LogP contribution is -1.81. The number of thiophene rings is 1. The van der Waals surface area contributed by atoms with Crippen LogP contribution in [0.4, 0.5) is 4.39 Å². The number of hydrogen-bond acceptors (Lipinski definition) is 2. The SMILES string of the molecule is OCc1ccc2sc(Br)c(F)c2c1. The minimum Gasteiger partial charge on any atom is -0.392 e. The Morgan fingerprint density at radius 3 is 2.92 bits per heavy atom. The van der Waals surface area contributed by atoms with Crippen molar-refractivity contribution in [1.29, 1.82) is 0 Å². The Balaban J connectivity index is 2.75. The maximum atomic E-state index is 13.4. The van der Waals surface area contributed by atoms with E-state index >= 15 is 0 Å². The minimum atomic E-state index is -0.240. The van der Waals surface area contributed by atoms with Gasteiger partial charge in [-0.3, -0.25) is 0 Å². The highest BCUT2D eigenvalue weighted by atomic mass is 79.9. The zero-order valence-electron chi connectivity index (χ0n) is 6.55. The first kappa shape index (κ1) is 9.12. The van der Waals surface area contributed by atoms with E-state index in [9.17, 15) is 4.39 Å². The van der Waals surface area contributed by atoms with Gasteiger partial charge in [0.25, 0.3) is 0 Å². The molecule has 0 unspecified atom stereocenters. The van der Waals surface area contributed by atoms with Gasteiger partial charge in [0, 0.05) is 10.1 Å². The average molecular weight is 261 g/mol. The van der Waals surface area contributed by atoms with Crippen molar-refractivity contribution >= 4 is 37.4 Å². The van der Waals surface area contributed by atoms with Crippen LogP contribution in [0.1, 0.15) is 5.56 Å². The molecule has 0 saturated heterocycles. The van der Waals surface area contributed by atoms with Crippen molar-refractivity contribution in [3.05, 3.63) is 33.4 Å². The second-order valence-corrected chi connectivity index (χ2v) is 5.05. The van der Waals surface area contributed by atoms with Gasteiger partial charge in [-0.1, -0.05) is 6.07 Å². The van der Waals surface area contributed by atoms with Gasteiger partial charge in [0.15, 0.2) is 5.82 Å². The molecule has 0 aliphatic rings. The van der Waals surface area contributed by atoms with E-state index < -0.39 is 0 Å².